The van der Waals surface area contributed by atoms with Gasteiger partial charge in [0.15, 0.2) is 0 Å². The van der Waals surface area contributed by atoms with Gasteiger partial charge in [0.2, 0.25) is 10.0 Å². The lowest BCUT2D eigenvalue weighted by molar-refractivity contribution is -0.144. The van der Waals surface area contributed by atoms with Crippen LogP contribution in [-0.4, -0.2) is 44.6 Å². The SMILES string of the molecule is COC(=O)[C@H](C)CS(=O)(=O)N1CC[C@@H](C)C2(CCC2)C1. The highest BCUT2D eigenvalue weighted by molar-refractivity contribution is 7.89. The molecule has 2 rings (SSSR count). The summed E-state index contributed by atoms with van der Waals surface area (Å²) >= 11 is 0. The molecule has 0 unspecified atom stereocenters. The largest absolute Gasteiger partial charge is 0.469 e. The van der Waals surface area contributed by atoms with Crippen LogP contribution in [0.3, 0.4) is 0 Å². The van der Waals surface area contributed by atoms with E-state index in [2.05, 4.69) is 11.7 Å². The standard InChI is InChI=1S/C14H25NO4S/c1-11(13(16)19-3)9-20(17,18)15-8-5-12(2)14(10-15)6-4-7-14/h11-12H,4-10H2,1-3H3/t11-,12-/m1/s1. The van der Waals surface area contributed by atoms with Crippen molar-refractivity contribution < 1.29 is 17.9 Å². The van der Waals surface area contributed by atoms with Gasteiger partial charge in [-0.1, -0.05) is 20.3 Å². The maximum atomic E-state index is 12.5. The number of methoxy groups -OCH3 is 1. The number of hydrogen-bond acceptors (Lipinski definition) is 4. The van der Waals surface area contributed by atoms with Crippen molar-refractivity contribution in [3.63, 3.8) is 0 Å². The van der Waals surface area contributed by atoms with Crippen molar-refractivity contribution >= 4 is 16.0 Å². The minimum Gasteiger partial charge on any atom is -0.469 e. The lowest BCUT2D eigenvalue weighted by Gasteiger charge is -2.52. The second-order valence-electron chi connectivity index (χ2n) is 6.44. The minimum absolute atomic E-state index is 0.149. The summed E-state index contributed by atoms with van der Waals surface area (Å²) in [5.41, 5.74) is 0.194. The number of carbonyl (C=O) groups is 1. The van der Waals surface area contributed by atoms with Crippen LogP contribution in [0.25, 0.3) is 0 Å². The van der Waals surface area contributed by atoms with Gasteiger partial charge in [-0.15, -0.1) is 0 Å². The van der Waals surface area contributed by atoms with E-state index >= 15 is 0 Å². The molecule has 20 heavy (non-hydrogen) atoms. The van der Waals surface area contributed by atoms with E-state index in [9.17, 15) is 13.2 Å². The van der Waals surface area contributed by atoms with E-state index in [1.165, 1.54) is 13.5 Å². The van der Waals surface area contributed by atoms with Crippen molar-refractivity contribution in [1.29, 1.82) is 0 Å². The van der Waals surface area contributed by atoms with Gasteiger partial charge in [-0.3, -0.25) is 4.79 Å². The fraction of sp³-hybridized carbons (Fsp3) is 0.929. The van der Waals surface area contributed by atoms with Crippen LogP contribution in [0, 0.1) is 17.3 Å². The molecule has 0 aromatic heterocycles. The molecule has 6 heteroatoms. The number of rotatable bonds is 4. The van der Waals surface area contributed by atoms with Gasteiger partial charge in [-0.2, -0.15) is 0 Å². The molecule has 0 aromatic rings. The molecule has 1 heterocycles. The van der Waals surface area contributed by atoms with E-state index in [1.807, 2.05) is 0 Å². The molecule has 0 radical (unpaired) electrons. The van der Waals surface area contributed by atoms with Crippen LogP contribution >= 0.6 is 0 Å². The molecule has 0 aromatic carbocycles. The smallest absolute Gasteiger partial charge is 0.309 e. The van der Waals surface area contributed by atoms with Gasteiger partial charge in [0.1, 0.15) is 0 Å². The Morgan fingerprint density at radius 2 is 2.10 bits per heavy atom. The van der Waals surface area contributed by atoms with Crippen molar-refractivity contribution in [1.82, 2.24) is 4.31 Å². The number of esters is 1. The van der Waals surface area contributed by atoms with Crippen molar-refractivity contribution in [3.8, 4) is 0 Å². The molecule has 0 bridgehead atoms. The highest BCUT2D eigenvalue weighted by atomic mass is 32.2. The maximum absolute atomic E-state index is 12.5. The highest BCUT2D eigenvalue weighted by Gasteiger charge is 2.47. The second kappa shape index (κ2) is 5.64. The molecule has 1 aliphatic heterocycles. The third-order valence-electron chi connectivity index (χ3n) is 5.16. The summed E-state index contributed by atoms with van der Waals surface area (Å²) in [6.07, 6.45) is 4.39. The zero-order valence-electron chi connectivity index (χ0n) is 12.6. The number of piperidine rings is 1. The average Bonchev–Trinajstić information content (AvgIpc) is 2.35. The molecule has 116 valence electrons. The first-order chi connectivity index (χ1) is 9.31. The second-order valence-corrected chi connectivity index (χ2v) is 8.46. The molecule has 2 fully saturated rings. The highest BCUT2D eigenvalue weighted by Crippen LogP contribution is 2.51. The van der Waals surface area contributed by atoms with Gasteiger partial charge >= 0.3 is 5.97 Å². The molecule has 2 atom stereocenters. The zero-order chi connectivity index (χ0) is 15.0. The maximum Gasteiger partial charge on any atom is 0.309 e. The Hall–Kier alpha value is -0.620. The number of ether oxygens (including phenoxy) is 1. The summed E-state index contributed by atoms with van der Waals surface area (Å²) in [5.74, 6) is -0.621. The Bertz CT molecular complexity index is 470. The van der Waals surface area contributed by atoms with Gasteiger partial charge in [-0.05, 0) is 30.6 Å². The summed E-state index contributed by atoms with van der Waals surface area (Å²) in [4.78, 5) is 11.4. The molecule has 1 saturated carbocycles. The molecule has 5 nitrogen and oxygen atoms in total. The van der Waals surface area contributed by atoms with Crippen LogP contribution in [-0.2, 0) is 19.6 Å². The Balaban J connectivity index is 2.04. The Labute approximate surface area is 121 Å². The summed E-state index contributed by atoms with van der Waals surface area (Å²) < 4.78 is 31.2. The predicted molar refractivity (Wildman–Crippen MR) is 76.6 cm³/mol. The molecular formula is C14H25NO4S. The van der Waals surface area contributed by atoms with Gasteiger partial charge in [0.25, 0.3) is 0 Å². The van der Waals surface area contributed by atoms with Gasteiger partial charge in [0, 0.05) is 13.1 Å². The summed E-state index contributed by atoms with van der Waals surface area (Å²) in [5, 5.41) is 0. The first kappa shape index (κ1) is 15.8. The van der Waals surface area contributed by atoms with Crippen molar-refractivity contribution in [2.24, 2.45) is 17.3 Å². The van der Waals surface area contributed by atoms with E-state index in [0.717, 1.165) is 19.3 Å². The third-order valence-corrected chi connectivity index (χ3v) is 7.17. The number of sulfonamides is 1. The fourth-order valence-electron chi connectivity index (χ4n) is 3.44. The predicted octanol–water partition coefficient (Wildman–Crippen LogP) is 1.64. The molecule has 1 spiro atoms. The van der Waals surface area contributed by atoms with Gasteiger partial charge in [0.05, 0.1) is 18.8 Å². The molecular weight excluding hydrogens is 278 g/mol. The summed E-state index contributed by atoms with van der Waals surface area (Å²) in [7, 11) is -2.09. The van der Waals surface area contributed by atoms with Crippen LogP contribution in [0.4, 0.5) is 0 Å². The van der Waals surface area contributed by atoms with Crippen LogP contribution < -0.4 is 0 Å². The monoisotopic (exact) mass is 303 g/mol. The fourth-order valence-corrected chi connectivity index (χ4v) is 5.26. The lowest BCUT2D eigenvalue weighted by atomic mass is 9.59. The molecule has 2 aliphatic rings. The van der Waals surface area contributed by atoms with E-state index in [0.29, 0.717) is 19.0 Å². The summed E-state index contributed by atoms with van der Waals surface area (Å²) in [6.45, 7) is 5.05. The first-order valence-corrected chi connectivity index (χ1v) is 8.97. The number of nitrogens with zero attached hydrogens (tertiary/aromatic N) is 1. The number of hydrogen-bond donors (Lipinski definition) is 0. The molecule has 1 saturated heterocycles. The van der Waals surface area contributed by atoms with Crippen LogP contribution in [0.2, 0.25) is 0 Å². The average molecular weight is 303 g/mol. The van der Waals surface area contributed by atoms with E-state index in [4.69, 9.17) is 0 Å². The van der Waals surface area contributed by atoms with E-state index in [1.54, 1.807) is 11.2 Å². The third kappa shape index (κ3) is 2.86. The summed E-state index contributed by atoms with van der Waals surface area (Å²) in [6, 6.07) is 0. The Kier molecular flexibility index (Phi) is 4.44. The molecule has 0 N–H and O–H groups in total. The van der Waals surface area contributed by atoms with Crippen molar-refractivity contribution in [3.05, 3.63) is 0 Å². The van der Waals surface area contributed by atoms with E-state index < -0.39 is 21.9 Å². The zero-order valence-corrected chi connectivity index (χ0v) is 13.4. The van der Waals surface area contributed by atoms with Crippen molar-refractivity contribution in [2.45, 2.75) is 39.5 Å². The lowest BCUT2D eigenvalue weighted by Crippen LogP contribution is -2.54. The normalized spacial score (nSPS) is 27.9. The quantitative estimate of drug-likeness (QED) is 0.741. The topological polar surface area (TPSA) is 63.7 Å². The van der Waals surface area contributed by atoms with E-state index in [-0.39, 0.29) is 11.2 Å². The van der Waals surface area contributed by atoms with Gasteiger partial charge in [-0.25, -0.2) is 12.7 Å². The first-order valence-electron chi connectivity index (χ1n) is 7.36. The Morgan fingerprint density at radius 1 is 1.45 bits per heavy atom. The number of carbonyl (C=O) groups excluding carboxylic acids is 1. The van der Waals surface area contributed by atoms with Gasteiger partial charge < -0.3 is 4.74 Å². The Morgan fingerprint density at radius 3 is 2.60 bits per heavy atom. The van der Waals surface area contributed by atoms with Crippen LogP contribution in [0.15, 0.2) is 0 Å². The minimum atomic E-state index is -3.38. The van der Waals surface area contributed by atoms with Crippen molar-refractivity contribution in [2.75, 3.05) is 26.0 Å². The van der Waals surface area contributed by atoms with Crippen LogP contribution in [0.5, 0.6) is 0 Å². The molecule has 1 aliphatic carbocycles. The molecule has 0 amide bonds. The van der Waals surface area contributed by atoms with Crippen LogP contribution in [0.1, 0.15) is 39.5 Å².